The molecule has 2 unspecified atom stereocenters. The third-order valence-corrected chi connectivity index (χ3v) is 4.74. The molecule has 1 aromatic carbocycles. The Labute approximate surface area is 125 Å². The summed E-state index contributed by atoms with van der Waals surface area (Å²) in [6.07, 6.45) is -0.0881. The molecule has 0 bridgehead atoms. The Bertz CT molecular complexity index is 601. The molecule has 0 aliphatic carbocycles. The first-order chi connectivity index (χ1) is 9.40. The zero-order valence-electron chi connectivity index (χ0n) is 12.9. The lowest BCUT2D eigenvalue weighted by Crippen LogP contribution is -2.29. The maximum atomic E-state index is 6.28. The average Bonchev–Trinajstić information content (AvgIpc) is 2.77. The van der Waals surface area contributed by atoms with Crippen LogP contribution in [0, 0.1) is 27.7 Å². The topological polar surface area (TPSA) is 35.2 Å². The van der Waals surface area contributed by atoms with E-state index in [2.05, 4.69) is 51.3 Å². The summed E-state index contributed by atoms with van der Waals surface area (Å²) in [6, 6.07) is 6.35. The molecule has 2 atom stereocenters. The minimum atomic E-state index is -0.0881. The lowest BCUT2D eigenvalue weighted by atomic mass is 10.0. The molecule has 0 fully saturated rings. The monoisotopic (exact) mass is 289 g/mol. The van der Waals surface area contributed by atoms with E-state index >= 15 is 0 Å². The molecule has 0 saturated heterocycles. The fourth-order valence-corrected chi connectivity index (χ4v) is 3.41. The largest absolute Gasteiger partial charge is 0.483 e. The Morgan fingerprint density at radius 3 is 2.35 bits per heavy atom. The molecule has 0 aliphatic rings. The number of hydrogen-bond acceptors (Lipinski definition) is 3. The van der Waals surface area contributed by atoms with Crippen LogP contribution in [0.1, 0.15) is 40.2 Å². The van der Waals surface area contributed by atoms with Gasteiger partial charge in [0.05, 0.1) is 0 Å². The molecule has 0 saturated carbocycles. The van der Waals surface area contributed by atoms with Crippen molar-refractivity contribution in [3.05, 3.63) is 50.7 Å². The van der Waals surface area contributed by atoms with Gasteiger partial charge >= 0.3 is 0 Å². The van der Waals surface area contributed by atoms with Crippen molar-refractivity contribution >= 4 is 11.3 Å². The van der Waals surface area contributed by atoms with Crippen molar-refractivity contribution in [3.8, 4) is 5.75 Å². The van der Waals surface area contributed by atoms with Gasteiger partial charge in [-0.1, -0.05) is 6.07 Å². The summed E-state index contributed by atoms with van der Waals surface area (Å²) < 4.78 is 6.28. The first-order valence-electron chi connectivity index (χ1n) is 6.94. The molecular formula is C17H23NOS. The standard InChI is InChI=1S/C17H23NOS/c1-10-8-12(3)13(4)15(9-10)19-16(14(5)18)17-11(2)6-7-20-17/h6-9,14,16H,18H2,1-5H3. The van der Waals surface area contributed by atoms with Crippen molar-refractivity contribution in [1.29, 1.82) is 0 Å². The molecule has 2 rings (SSSR count). The van der Waals surface area contributed by atoms with Gasteiger partial charge in [0.15, 0.2) is 0 Å². The Morgan fingerprint density at radius 2 is 1.80 bits per heavy atom. The zero-order chi connectivity index (χ0) is 14.9. The van der Waals surface area contributed by atoms with Crippen molar-refractivity contribution in [2.45, 2.75) is 46.8 Å². The third kappa shape index (κ3) is 3.05. The Kier molecular flexibility index (Phi) is 4.51. The highest BCUT2D eigenvalue weighted by Crippen LogP contribution is 2.33. The number of ether oxygens (including phenoxy) is 1. The highest BCUT2D eigenvalue weighted by atomic mass is 32.1. The average molecular weight is 289 g/mol. The molecule has 108 valence electrons. The van der Waals surface area contributed by atoms with E-state index in [4.69, 9.17) is 10.5 Å². The Balaban J connectivity index is 2.37. The van der Waals surface area contributed by atoms with Crippen LogP contribution in [0.3, 0.4) is 0 Å². The van der Waals surface area contributed by atoms with Gasteiger partial charge in [-0.2, -0.15) is 0 Å². The molecular weight excluding hydrogens is 266 g/mol. The molecule has 1 heterocycles. The maximum absolute atomic E-state index is 6.28. The number of rotatable bonds is 4. The fraction of sp³-hybridized carbons (Fsp3) is 0.412. The highest BCUT2D eigenvalue weighted by Gasteiger charge is 2.22. The van der Waals surface area contributed by atoms with Crippen LogP contribution in [0.2, 0.25) is 0 Å². The molecule has 2 aromatic rings. The smallest absolute Gasteiger partial charge is 0.148 e. The Morgan fingerprint density at radius 1 is 1.10 bits per heavy atom. The van der Waals surface area contributed by atoms with Crippen molar-refractivity contribution < 1.29 is 4.74 Å². The van der Waals surface area contributed by atoms with Gasteiger partial charge in [-0.15, -0.1) is 11.3 Å². The number of thiophene rings is 1. The van der Waals surface area contributed by atoms with E-state index < -0.39 is 0 Å². The van der Waals surface area contributed by atoms with Gasteiger partial charge in [-0.3, -0.25) is 0 Å². The molecule has 0 amide bonds. The van der Waals surface area contributed by atoms with Crippen molar-refractivity contribution in [2.24, 2.45) is 5.73 Å². The van der Waals surface area contributed by atoms with Gasteiger partial charge in [0, 0.05) is 10.9 Å². The SMILES string of the molecule is Cc1cc(C)c(C)c(OC(c2sccc2C)C(C)N)c1. The lowest BCUT2D eigenvalue weighted by molar-refractivity contribution is 0.182. The number of benzene rings is 1. The van der Waals surface area contributed by atoms with Gasteiger partial charge in [-0.05, 0) is 74.4 Å². The van der Waals surface area contributed by atoms with Crippen LogP contribution >= 0.6 is 11.3 Å². The quantitative estimate of drug-likeness (QED) is 0.902. The normalized spacial score (nSPS) is 14.1. The molecule has 2 nitrogen and oxygen atoms in total. The van der Waals surface area contributed by atoms with E-state index in [0.29, 0.717) is 0 Å². The van der Waals surface area contributed by atoms with Gasteiger partial charge in [0.2, 0.25) is 0 Å². The van der Waals surface area contributed by atoms with Crippen LogP contribution in [-0.4, -0.2) is 6.04 Å². The molecule has 3 heteroatoms. The summed E-state index contributed by atoms with van der Waals surface area (Å²) in [5, 5.41) is 2.09. The summed E-state index contributed by atoms with van der Waals surface area (Å²) in [4.78, 5) is 1.22. The predicted octanol–water partition coefficient (Wildman–Crippen LogP) is 4.45. The molecule has 1 aromatic heterocycles. The van der Waals surface area contributed by atoms with Crippen LogP contribution < -0.4 is 10.5 Å². The third-order valence-electron chi connectivity index (χ3n) is 3.66. The summed E-state index contributed by atoms with van der Waals surface area (Å²) in [7, 11) is 0. The van der Waals surface area contributed by atoms with E-state index in [1.54, 1.807) is 11.3 Å². The second-order valence-electron chi connectivity index (χ2n) is 5.57. The predicted molar refractivity (Wildman–Crippen MR) is 86.7 cm³/mol. The number of aryl methyl sites for hydroxylation is 3. The van der Waals surface area contributed by atoms with Crippen LogP contribution in [0.4, 0.5) is 0 Å². The van der Waals surface area contributed by atoms with E-state index in [9.17, 15) is 0 Å². The number of nitrogens with two attached hydrogens (primary N) is 1. The minimum absolute atomic E-state index is 0.0485. The zero-order valence-corrected chi connectivity index (χ0v) is 13.7. The first kappa shape index (κ1) is 15.1. The van der Waals surface area contributed by atoms with E-state index in [0.717, 1.165) is 5.75 Å². The minimum Gasteiger partial charge on any atom is -0.483 e. The van der Waals surface area contributed by atoms with Crippen LogP contribution in [0.15, 0.2) is 23.6 Å². The number of hydrogen-bond donors (Lipinski definition) is 1. The van der Waals surface area contributed by atoms with E-state index in [-0.39, 0.29) is 12.1 Å². The van der Waals surface area contributed by atoms with Gasteiger partial charge < -0.3 is 10.5 Å². The second-order valence-corrected chi connectivity index (χ2v) is 6.52. The molecule has 2 N–H and O–H groups in total. The fourth-order valence-electron chi connectivity index (χ4n) is 2.34. The van der Waals surface area contributed by atoms with E-state index in [1.165, 1.54) is 27.1 Å². The van der Waals surface area contributed by atoms with Crippen molar-refractivity contribution in [2.75, 3.05) is 0 Å². The molecule has 0 radical (unpaired) electrons. The summed E-state index contributed by atoms with van der Waals surface area (Å²) in [6.45, 7) is 10.4. The second kappa shape index (κ2) is 5.98. The molecule has 0 aliphatic heterocycles. The summed E-state index contributed by atoms with van der Waals surface area (Å²) >= 11 is 1.71. The summed E-state index contributed by atoms with van der Waals surface area (Å²) in [5.74, 6) is 0.942. The van der Waals surface area contributed by atoms with Crippen molar-refractivity contribution in [1.82, 2.24) is 0 Å². The first-order valence-corrected chi connectivity index (χ1v) is 7.82. The highest BCUT2D eigenvalue weighted by molar-refractivity contribution is 7.10. The van der Waals surface area contributed by atoms with Gasteiger partial charge in [0.25, 0.3) is 0 Å². The van der Waals surface area contributed by atoms with E-state index in [1.807, 2.05) is 6.92 Å². The Hall–Kier alpha value is -1.32. The molecule has 20 heavy (non-hydrogen) atoms. The van der Waals surface area contributed by atoms with Gasteiger partial charge in [0.1, 0.15) is 11.9 Å². The van der Waals surface area contributed by atoms with Crippen LogP contribution in [-0.2, 0) is 0 Å². The molecule has 0 spiro atoms. The van der Waals surface area contributed by atoms with Crippen LogP contribution in [0.25, 0.3) is 0 Å². The maximum Gasteiger partial charge on any atom is 0.148 e. The van der Waals surface area contributed by atoms with Crippen molar-refractivity contribution in [3.63, 3.8) is 0 Å². The lowest BCUT2D eigenvalue weighted by Gasteiger charge is -2.24. The van der Waals surface area contributed by atoms with Gasteiger partial charge in [-0.25, -0.2) is 0 Å². The van der Waals surface area contributed by atoms with Crippen LogP contribution in [0.5, 0.6) is 5.75 Å². The summed E-state index contributed by atoms with van der Waals surface area (Å²) in [5.41, 5.74) is 11.1.